The van der Waals surface area contributed by atoms with Crippen molar-refractivity contribution in [1.82, 2.24) is 10.2 Å². The van der Waals surface area contributed by atoms with Crippen molar-refractivity contribution in [3.63, 3.8) is 0 Å². The molecule has 0 aromatic carbocycles. The molecule has 1 aliphatic carbocycles. The van der Waals surface area contributed by atoms with E-state index >= 15 is 0 Å². The fourth-order valence-electron chi connectivity index (χ4n) is 2.49. The van der Waals surface area contributed by atoms with Crippen molar-refractivity contribution >= 4 is 5.82 Å². The summed E-state index contributed by atoms with van der Waals surface area (Å²) in [7, 11) is 0. The molecule has 0 bridgehead atoms. The maximum atomic E-state index is 4.28. The molecule has 1 fully saturated rings. The molecule has 0 amide bonds. The molecule has 3 nitrogen and oxygen atoms in total. The lowest BCUT2D eigenvalue weighted by molar-refractivity contribution is 0.373. The van der Waals surface area contributed by atoms with Gasteiger partial charge in [-0.2, -0.15) is 5.10 Å². The predicted octanol–water partition coefficient (Wildman–Crippen LogP) is 3.35. The summed E-state index contributed by atoms with van der Waals surface area (Å²) in [6.45, 7) is 3.28. The van der Waals surface area contributed by atoms with Gasteiger partial charge in [0.05, 0.1) is 0 Å². The Kier molecular flexibility index (Phi) is 4.25. The Labute approximate surface area is 98.0 Å². The summed E-state index contributed by atoms with van der Waals surface area (Å²) in [6.07, 6.45) is 9.29. The summed E-state index contributed by atoms with van der Waals surface area (Å²) in [6, 6.07) is 2.15. The number of H-pyrrole nitrogens is 1. The average Bonchev–Trinajstić information content (AvgIpc) is 2.76. The third-order valence-electron chi connectivity index (χ3n) is 3.45. The Morgan fingerprint density at radius 3 is 2.94 bits per heavy atom. The molecule has 3 heteroatoms. The van der Waals surface area contributed by atoms with E-state index < -0.39 is 0 Å². The van der Waals surface area contributed by atoms with Crippen molar-refractivity contribution in [2.45, 2.75) is 51.9 Å². The van der Waals surface area contributed by atoms with Crippen LogP contribution in [0.1, 0.15) is 51.1 Å². The van der Waals surface area contributed by atoms with Crippen molar-refractivity contribution < 1.29 is 0 Å². The first-order valence-electron chi connectivity index (χ1n) is 6.66. The zero-order chi connectivity index (χ0) is 11.2. The standard InChI is InChI=1S/C13H23N3/c1-2-6-12-9-13(16-15-12)14-10-11-7-4-3-5-8-11/h9,11H,2-8,10H2,1H3,(H2,14,15,16). The minimum absolute atomic E-state index is 0.861. The highest BCUT2D eigenvalue weighted by molar-refractivity contribution is 5.35. The van der Waals surface area contributed by atoms with Crippen LogP contribution in [0.15, 0.2) is 6.07 Å². The molecule has 1 aromatic heterocycles. The molecule has 0 aliphatic heterocycles. The van der Waals surface area contributed by atoms with E-state index in [0.717, 1.165) is 24.7 Å². The minimum Gasteiger partial charge on any atom is -0.368 e. The van der Waals surface area contributed by atoms with Crippen molar-refractivity contribution in [1.29, 1.82) is 0 Å². The van der Waals surface area contributed by atoms with Gasteiger partial charge in [0.25, 0.3) is 0 Å². The van der Waals surface area contributed by atoms with Crippen molar-refractivity contribution in [3.05, 3.63) is 11.8 Å². The molecule has 0 saturated heterocycles. The molecule has 90 valence electrons. The topological polar surface area (TPSA) is 40.7 Å². The smallest absolute Gasteiger partial charge is 0.148 e. The highest BCUT2D eigenvalue weighted by Crippen LogP contribution is 2.23. The molecule has 2 rings (SSSR count). The highest BCUT2D eigenvalue weighted by Gasteiger charge is 2.13. The summed E-state index contributed by atoms with van der Waals surface area (Å²) in [5, 5.41) is 10.8. The summed E-state index contributed by atoms with van der Waals surface area (Å²) in [5.41, 5.74) is 1.24. The van der Waals surface area contributed by atoms with Crippen LogP contribution in [-0.4, -0.2) is 16.7 Å². The number of anilines is 1. The molecule has 2 N–H and O–H groups in total. The number of nitrogens with one attached hydrogen (secondary N) is 2. The number of rotatable bonds is 5. The Balaban J connectivity index is 1.75. The summed E-state index contributed by atoms with van der Waals surface area (Å²) in [4.78, 5) is 0. The van der Waals surface area contributed by atoms with Gasteiger partial charge in [0.15, 0.2) is 0 Å². The number of aromatic amines is 1. The van der Waals surface area contributed by atoms with Crippen LogP contribution in [-0.2, 0) is 6.42 Å². The number of nitrogens with zero attached hydrogens (tertiary/aromatic N) is 1. The van der Waals surface area contributed by atoms with E-state index in [4.69, 9.17) is 0 Å². The summed E-state index contributed by atoms with van der Waals surface area (Å²) < 4.78 is 0. The lowest BCUT2D eigenvalue weighted by Gasteiger charge is -2.21. The van der Waals surface area contributed by atoms with Crippen LogP contribution in [0.5, 0.6) is 0 Å². The second-order valence-electron chi connectivity index (χ2n) is 4.91. The van der Waals surface area contributed by atoms with Gasteiger partial charge in [-0.05, 0) is 25.2 Å². The fourth-order valence-corrected chi connectivity index (χ4v) is 2.49. The molecule has 1 saturated carbocycles. The monoisotopic (exact) mass is 221 g/mol. The van der Waals surface area contributed by atoms with E-state index in [2.05, 4.69) is 28.5 Å². The first-order valence-corrected chi connectivity index (χ1v) is 6.66. The van der Waals surface area contributed by atoms with Gasteiger partial charge in [-0.1, -0.05) is 32.6 Å². The van der Waals surface area contributed by atoms with E-state index in [-0.39, 0.29) is 0 Å². The van der Waals surface area contributed by atoms with Crippen molar-refractivity contribution in [2.75, 3.05) is 11.9 Å². The van der Waals surface area contributed by atoms with E-state index in [1.807, 2.05) is 0 Å². The first-order chi connectivity index (χ1) is 7.88. The molecule has 0 spiro atoms. The second-order valence-corrected chi connectivity index (χ2v) is 4.91. The van der Waals surface area contributed by atoms with Crippen LogP contribution in [0.4, 0.5) is 5.82 Å². The van der Waals surface area contributed by atoms with Crippen molar-refractivity contribution in [3.8, 4) is 0 Å². The quantitative estimate of drug-likeness (QED) is 0.800. The SMILES string of the molecule is CCCc1cc(NCC2CCCCC2)n[nH]1. The number of hydrogen-bond acceptors (Lipinski definition) is 2. The Morgan fingerprint density at radius 2 is 2.19 bits per heavy atom. The predicted molar refractivity (Wildman–Crippen MR) is 67.6 cm³/mol. The fraction of sp³-hybridized carbons (Fsp3) is 0.769. The van der Waals surface area contributed by atoms with E-state index in [9.17, 15) is 0 Å². The Bertz CT molecular complexity index is 300. The van der Waals surface area contributed by atoms with Crippen LogP contribution >= 0.6 is 0 Å². The number of aromatic nitrogens is 2. The van der Waals surface area contributed by atoms with E-state index in [1.54, 1.807) is 0 Å². The molecule has 0 unspecified atom stereocenters. The molecule has 0 atom stereocenters. The second kappa shape index (κ2) is 5.92. The number of aryl methyl sites for hydroxylation is 1. The van der Waals surface area contributed by atoms with Gasteiger partial charge in [0.2, 0.25) is 0 Å². The summed E-state index contributed by atoms with van der Waals surface area (Å²) >= 11 is 0. The largest absolute Gasteiger partial charge is 0.368 e. The molecule has 1 heterocycles. The van der Waals surface area contributed by atoms with Gasteiger partial charge < -0.3 is 5.32 Å². The van der Waals surface area contributed by atoms with Gasteiger partial charge in [-0.25, -0.2) is 0 Å². The maximum absolute atomic E-state index is 4.28. The van der Waals surface area contributed by atoms with Crippen LogP contribution in [0.2, 0.25) is 0 Å². The zero-order valence-corrected chi connectivity index (χ0v) is 10.3. The third kappa shape index (κ3) is 3.26. The van der Waals surface area contributed by atoms with Crippen LogP contribution in [0.3, 0.4) is 0 Å². The van der Waals surface area contributed by atoms with Gasteiger partial charge in [-0.3, -0.25) is 5.10 Å². The lowest BCUT2D eigenvalue weighted by atomic mass is 9.89. The lowest BCUT2D eigenvalue weighted by Crippen LogP contribution is -2.17. The summed E-state index contributed by atoms with van der Waals surface area (Å²) in [5.74, 6) is 1.88. The van der Waals surface area contributed by atoms with E-state index in [1.165, 1.54) is 44.2 Å². The third-order valence-corrected chi connectivity index (χ3v) is 3.45. The van der Waals surface area contributed by atoms with Crippen LogP contribution in [0.25, 0.3) is 0 Å². The molecular weight excluding hydrogens is 198 g/mol. The first kappa shape index (κ1) is 11.5. The van der Waals surface area contributed by atoms with Crippen LogP contribution < -0.4 is 5.32 Å². The van der Waals surface area contributed by atoms with E-state index in [0.29, 0.717) is 0 Å². The Hall–Kier alpha value is -0.990. The van der Waals surface area contributed by atoms with Gasteiger partial charge >= 0.3 is 0 Å². The van der Waals surface area contributed by atoms with Gasteiger partial charge in [0.1, 0.15) is 5.82 Å². The molecule has 1 aliphatic rings. The van der Waals surface area contributed by atoms with Crippen LogP contribution in [0, 0.1) is 5.92 Å². The zero-order valence-electron chi connectivity index (χ0n) is 10.3. The molecule has 0 radical (unpaired) electrons. The molecule has 1 aromatic rings. The maximum Gasteiger partial charge on any atom is 0.148 e. The highest BCUT2D eigenvalue weighted by atomic mass is 15.2. The number of hydrogen-bond donors (Lipinski definition) is 2. The minimum atomic E-state index is 0.861. The normalized spacial score (nSPS) is 17.6. The molecule has 16 heavy (non-hydrogen) atoms. The average molecular weight is 221 g/mol. The molecular formula is C13H23N3. The Morgan fingerprint density at radius 1 is 1.38 bits per heavy atom. The van der Waals surface area contributed by atoms with Gasteiger partial charge in [0, 0.05) is 18.3 Å². The van der Waals surface area contributed by atoms with Gasteiger partial charge in [-0.15, -0.1) is 0 Å². The van der Waals surface area contributed by atoms with Crippen molar-refractivity contribution in [2.24, 2.45) is 5.92 Å².